The highest BCUT2D eigenvalue weighted by atomic mass is 32.1. The number of hydrogen-bond donors (Lipinski definition) is 1. The van der Waals surface area contributed by atoms with Gasteiger partial charge in [0.15, 0.2) is 0 Å². The van der Waals surface area contributed by atoms with E-state index in [0.717, 1.165) is 65.1 Å². The van der Waals surface area contributed by atoms with Gasteiger partial charge in [-0.3, -0.25) is 10.1 Å². The second-order valence-electron chi connectivity index (χ2n) is 6.27. The number of nitrogens with zero attached hydrogens (tertiary/aromatic N) is 3. The number of aromatic nitrogens is 1. The lowest BCUT2D eigenvalue weighted by Gasteiger charge is -2.20. The van der Waals surface area contributed by atoms with Crippen LogP contribution in [0, 0.1) is 21.4 Å². The largest absolute Gasteiger partial charge is 0.383 e. The van der Waals surface area contributed by atoms with E-state index < -0.39 is 0 Å². The molecule has 2 aromatic heterocycles. The summed E-state index contributed by atoms with van der Waals surface area (Å²) < 4.78 is 0. The van der Waals surface area contributed by atoms with Crippen LogP contribution in [0.1, 0.15) is 54.3 Å². The first kappa shape index (κ1) is 17.4. The third-order valence-electron chi connectivity index (χ3n) is 4.60. The zero-order chi connectivity index (χ0) is 18.0. The zero-order valence-electron chi connectivity index (χ0n) is 14.2. The predicted molar refractivity (Wildman–Crippen MR) is 98.6 cm³/mol. The van der Waals surface area contributed by atoms with E-state index >= 15 is 0 Å². The van der Waals surface area contributed by atoms with Crippen LogP contribution in [-0.2, 0) is 19.3 Å². The van der Waals surface area contributed by atoms with Crippen LogP contribution in [0.25, 0.3) is 10.4 Å². The molecule has 0 amide bonds. The van der Waals surface area contributed by atoms with Gasteiger partial charge in [0.05, 0.1) is 9.80 Å². The number of thiophene rings is 1. The Hall–Kier alpha value is -2.46. The number of nitriles is 1. The molecular formula is C18H20N4O2S. The van der Waals surface area contributed by atoms with E-state index in [9.17, 15) is 15.4 Å². The highest BCUT2D eigenvalue weighted by molar-refractivity contribution is 7.16. The molecule has 0 radical (unpaired) electrons. The fraction of sp³-hybridized carbons (Fsp3) is 0.444. The lowest BCUT2D eigenvalue weighted by molar-refractivity contribution is -0.385. The maximum Gasteiger partial charge on any atom is 0.283 e. The maximum atomic E-state index is 11.4. The molecule has 130 valence electrons. The van der Waals surface area contributed by atoms with Crippen molar-refractivity contribution < 1.29 is 4.92 Å². The summed E-state index contributed by atoms with van der Waals surface area (Å²) in [7, 11) is 0. The number of pyridine rings is 1. The van der Waals surface area contributed by atoms with E-state index in [4.69, 9.17) is 5.73 Å². The molecule has 0 spiro atoms. The number of rotatable bonds is 5. The molecule has 6 nitrogen and oxygen atoms in total. The Kier molecular flexibility index (Phi) is 5.00. The average Bonchev–Trinajstić information content (AvgIpc) is 3.02. The minimum absolute atomic E-state index is 0.150. The van der Waals surface area contributed by atoms with Gasteiger partial charge in [-0.2, -0.15) is 5.26 Å². The fourth-order valence-electron chi connectivity index (χ4n) is 3.36. The van der Waals surface area contributed by atoms with Crippen LogP contribution >= 0.6 is 11.3 Å². The second-order valence-corrected chi connectivity index (χ2v) is 7.41. The number of hydrogen-bond acceptors (Lipinski definition) is 6. The van der Waals surface area contributed by atoms with E-state index in [0.29, 0.717) is 12.0 Å². The van der Waals surface area contributed by atoms with Crippen molar-refractivity contribution in [3.63, 3.8) is 0 Å². The van der Waals surface area contributed by atoms with Gasteiger partial charge in [-0.25, -0.2) is 4.98 Å². The molecule has 7 heteroatoms. The van der Waals surface area contributed by atoms with Crippen molar-refractivity contribution in [1.29, 1.82) is 5.26 Å². The first-order chi connectivity index (χ1) is 12.1. The Morgan fingerprint density at radius 3 is 2.88 bits per heavy atom. The van der Waals surface area contributed by atoms with Crippen LogP contribution < -0.4 is 5.73 Å². The van der Waals surface area contributed by atoms with E-state index in [1.165, 1.54) is 11.3 Å². The van der Waals surface area contributed by atoms with Crippen LogP contribution in [0.3, 0.4) is 0 Å². The second kappa shape index (κ2) is 7.19. The number of nitro groups is 1. The van der Waals surface area contributed by atoms with E-state index in [1.807, 2.05) is 0 Å². The van der Waals surface area contributed by atoms with Crippen LogP contribution in [0.2, 0.25) is 0 Å². The number of aryl methyl sites for hydroxylation is 2. The smallest absolute Gasteiger partial charge is 0.283 e. The van der Waals surface area contributed by atoms with Gasteiger partial charge < -0.3 is 5.73 Å². The van der Waals surface area contributed by atoms with Crippen LogP contribution in [0.4, 0.5) is 11.5 Å². The van der Waals surface area contributed by atoms with Crippen LogP contribution in [0.5, 0.6) is 0 Å². The lowest BCUT2D eigenvalue weighted by atomic mass is 9.89. The zero-order valence-corrected chi connectivity index (χ0v) is 15.0. The van der Waals surface area contributed by atoms with Crippen molar-refractivity contribution in [2.45, 2.75) is 51.9 Å². The third-order valence-corrected chi connectivity index (χ3v) is 5.80. The molecule has 2 N–H and O–H groups in total. The lowest BCUT2D eigenvalue weighted by Crippen LogP contribution is -2.11. The highest BCUT2D eigenvalue weighted by Gasteiger charge is 2.26. The first-order valence-electron chi connectivity index (χ1n) is 8.55. The number of nitrogens with two attached hydrogens (primary N) is 1. The van der Waals surface area contributed by atoms with Crippen molar-refractivity contribution in [2.24, 2.45) is 0 Å². The number of fused-ring (bicyclic) bond motifs is 1. The van der Waals surface area contributed by atoms with Gasteiger partial charge in [0, 0.05) is 22.2 Å². The summed E-state index contributed by atoms with van der Waals surface area (Å²) in [6, 6.07) is 3.77. The van der Waals surface area contributed by atoms with Gasteiger partial charge >= 0.3 is 0 Å². The summed E-state index contributed by atoms with van der Waals surface area (Å²) >= 11 is 1.42. The van der Waals surface area contributed by atoms with E-state index in [1.54, 1.807) is 6.07 Å². The van der Waals surface area contributed by atoms with Gasteiger partial charge in [0.2, 0.25) is 0 Å². The number of nitrogen functional groups attached to an aromatic ring is 1. The molecule has 0 saturated heterocycles. The molecule has 1 aliphatic rings. The minimum atomic E-state index is -0.325. The molecule has 25 heavy (non-hydrogen) atoms. The average molecular weight is 356 g/mol. The summed E-state index contributed by atoms with van der Waals surface area (Å²) in [6.07, 6.45) is 6.33. The predicted octanol–water partition coefficient (Wildman–Crippen LogP) is 4.39. The molecule has 2 heterocycles. The molecule has 0 unspecified atom stereocenters. The topological polar surface area (TPSA) is 106 Å². The summed E-state index contributed by atoms with van der Waals surface area (Å²) in [5.41, 5.74) is 9.25. The molecule has 0 saturated carbocycles. The van der Waals surface area contributed by atoms with Gasteiger partial charge in [0.25, 0.3) is 5.69 Å². The van der Waals surface area contributed by atoms with Gasteiger partial charge in [-0.1, -0.05) is 13.3 Å². The quantitative estimate of drug-likeness (QED) is 0.631. The normalized spacial score (nSPS) is 13.3. The Labute approximate surface area is 150 Å². The molecule has 0 aliphatic heterocycles. The Morgan fingerprint density at radius 2 is 2.20 bits per heavy atom. The number of unbranched alkanes of at least 4 members (excludes halogenated alkanes) is 1. The monoisotopic (exact) mass is 356 g/mol. The molecule has 0 atom stereocenters. The Morgan fingerprint density at radius 1 is 1.44 bits per heavy atom. The molecule has 0 fully saturated rings. The van der Waals surface area contributed by atoms with Gasteiger partial charge in [-0.05, 0) is 44.1 Å². The molecule has 0 aromatic carbocycles. The van der Waals surface area contributed by atoms with Crippen LogP contribution in [0.15, 0.2) is 6.07 Å². The highest BCUT2D eigenvalue weighted by Crippen LogP contribution is 2.42. The van der Waals surface area contributed by atoms with E-state index in [-0.39, 0.29) is 16.4 Å². The molecule has 0 bridgehead atoms. The van der Waals surface area contributed by atoms with Crippen LogP contribution in [-0.4, -0.2) is 9.91 Å². The fourth-order valence-corrected chi connectivity index (χ4v) is 4.61. The molecule has 3 rings (SSSR count). The van der Waals surface area contributed by atoms with Gasteiger partial charge in [-0.15, -0.1) is 11.3 Å². The Balaban J connectivity index is 2.21. The van der Waals surface area contributed by atoms with Crippen molar-refractivity contribution >= 4 is 22.8 Å². The maximum absolute atomic E-state index is 11.4. The summed E-state index contributed by atoms with van der Waals surface area (Å²) in [4.78, 5) is 17.1. The van der Waals surface area contributed by atoms with Crippen molar-refractivity contribution in [1.82, 2.24) is 4.98 Å². The third kappa shape index (κ3) is 3.22. The van der Waals surface area contributed by atoms with Crippen molar-refractivity contribution in [3.05, 3.63) is 37.9 Å². The molecule has 2 aromatic rings. The summed E-state index contributed by atoms with van der Waals surface area (Å²) in [5.74, 6) is 0.226. The summed E-state index contributed by atoms with van der Waals surface area (Å²) in [6.45, 7) is 2.06. The van der Waals surface area contributed by atoms with E-state index in [2.05, 4.69) is 18.0 Å². The number of anilines is 1. The molecule has 1 aliphatic carbocycles. The first-order valence-corrected chi connectivity index (χ1v) is 9.37. The molecular weight excluding hydrogens is 336 g/mol. The van der Waals surface area contributed by atoms with Crippen molar-refractivity contribution in [2.75, 3.05) is 5.73 Å². The minimum Gasteiger partial charge on any atom is -0.383 e. The summed E-state index contributed by atoms with van der Waals surface area (Å²) in [5, 5.41) is 21.0. The van der Waals surface area contributed by atoms with Gasteiger partial charge in [0.1, 0.15) is 17.5 Å². The SMILES string of the molecule is CCCCc1sc(-c2c(C#N)c(N)nc3c2CCCC3)cc1[N+](=O)[O-]. The van der Waals surface area contributed by atoms with Crippen molar-refractivity contribution in [3.8, 4) is 16.5 Å². The Bertz CT molecular complexity index is 867. The standard InChI is InChI=1S/C18H20N4O2S/c1-2-3-8-15-14(22(23)24)9-16(25-15)17-11-6-4-5-7-13(11)21-18(20)12(17)10-19/h9H,2-8H2,1H3,(H2,20,21).